The lowest BCUT2D eigenvalue weighted by Crippen LogP contribution is -2.55. The molecular formula is C26H27Cl2N5O2. The standard InChI is InChI=1S/C26H27Cl2N5O2/c1-15-24(28)20(21(27)11-31-15)12-35-18-3-4-22(29)19(8-18)25(30)16-2-5-23(32-10-16)33-13-26(14-33)7-6-17(34)9-26/h2-5,8,10-11,17,30,34H,6-7,9,12-14,29H2,1H3. The average Bonchev–Trinajstić information content (AvgIpc) is 3.23. The summed E-state index contributed by atoms with van der Waals surface area (Å²) in [6.07, 6.45) is 5.94. The first-order valence-electron chi connectivity index (χ1n) is 11.5. The molecule has 3 heterocycles. The number of aliphatic hydroxyl groups excluding tert-OH is 1. The third-order valence-corrected chi connectivity index (χ3v) is 7.84. The third kappa shape index (κ3) is 4.68. The van der Waals surface area contributed by atoms with Gasteiger partial charge in [0.25, 0.3) is 0 Å². The Morgan fingerprint density at radius 3 is 2.71 bits per heavy atom. The van der Waals surface area contributed by atoms with Crippen LogP contribution < -0.4 is 15.4 Å². The molecule has 35 heavy (non-hydrogen) atoms. The van der Waals surface area contributed by atoms with Gasteiger partial charge in [-0.15, -0.1) is 0 Å². The van der Waals surface area contributed by atoms with Gasteiger partial charge in [-0.1, -0.05) is 23.2 Å². The van der Waals surface area contributed by atoms with Gasteiger partial charge in [0.15, 0.2) is 0 Å². The summed E-state index contributed by atoms with van der Waals surface area (Å²) in [5.74, 6) is 1.44. The number of nitrogens with zero attached hydrogens (tertiary/aromatic N) is 3. The van der Waals surface area contributed by atoms with Crippen LogP contribution >= 0.6 is 23.2 Å². The molecule has 2 aromatic heterocycles. The average molecular weight is 512 g/mol. The molecule has 1 saturated heterocycles. The number of aliphatic hydroxyl groups is 1. The molecule has 7 nitrogen and oxygen atoms in total. The van der Waals surface area contributed by atoms with Crippen LogP contribution in [0.1, 0.15) is 41.6 Å². The molecule has 1 aliphatic carbocycles. The van der Waals surface area contributed by atoms with E-state index in [9.17, 15) is 5.11 Å². The van der Waals surface area contributed by atoms with Crippen LogP contribution in [-0.2, 0) is 6.61 Å². The Balaban J connectivity index is 1.27. The van der Waals surface area contributed by atoms with E-state index in [0.717, 1.165) is 38.2 Å². The van der Waals surface area contributed by atoms with E-state index in [4.69, 9.17) is 39.1 Å². The molecule has 182 valence electrons. The number of ether oxygens (including phenoxy) is 1. The zero-order chi connectivity index (χ0) is 24.7. The summed E-state index contributed by atoms with van der Waals surface area (Å²) in [5, 5.41) is 19.5. The minimum atomic E-state index is -0.166. The van der Waals surface area contributed by atoms with Crippen molar-refractivity contribution in [3.8, 4) is 5.75 Å². The number of nitrogens with two attached hydrogens (primary N) is 1. The predicted molar refractivity (Wildman–Crippen MR) is 139 cm³/mol. The van der Waals surface area contributed by atoms with Crippen LogP contribution in [0, 0.1) is 17.7 Å². The van der Waals surface area contributed by atoms with Gasteiger partial charge in [-0.2, -0.15) is 0 Å². The van der Waals surface area contributed by atoms with Crippen LogP contribution in [0.25, 0.3) is 0 Å². The molecule has 0 amide bonds. The number of anilines is 2. The van der Waals surface area contributed by atoms with Crippen LogP contribution in [0.4, 0.5) is 11.5 Å². The van der Waals surface area contributed by atoms with Gasteiger partial charge in [0, 0.05) is 53.3 Å². The number of pyridine rings is 2. The number of aromatic nitrogens is 2. The van der Waals surface area contributed by atoms with Crippen molar-refractivity contribution in [2.45, 2.75) is 38.9 Å². The second kappa shape index (κ2) is 9.30. The number of rotatable bonds is 6. The van der Waals surface area contributed by atoms with Crippen LogP contribution in [0.5, 0.6) is 5.75 Å². The molecule has 1 unspecified atom stereocenters. The van der Waals surface area contributed by atoms with E-state index >= 15 is 0 Å². The van der Waals surface area contributed by atoms with Gasteiger partial charge in [0.05, 0.1) is 27.6 Å². The largest absolute Gasteiger partial charge is 0.489 e. The predicted octanol–water partition coefficient (Wildman–Crippen LogP) is 5.02. The minimum Gasteiger partial charge on any atom is -0.489 e. The topological polar surface area (TPSA) is 108 Å². The maximum absolute atomic E-state index is 9.87. The molecule has 1 aromatic carbocycles. The first-order chi connectivity index (χ1) is 16.7. The Labute approximate surface area is 214 Å². The normalized spacial score (nSPS) is 18.5. The summed E-state index contributed by atoms with van der Waals surface area (Å²) in [7, 11) is 0. The van der Waals surface area contributed by atoms with Crippen LogP contribution in [0.2, 0.25) is 10.0 Å². The zero-order valence-electron chi connectivity index (χ0n) is 19.4. The molecule has 2 fully saturated rings. The van der Waals surface area contributed by atoms with Crippen molar-refractivity contribution < 1.29 is 9.84 Å². The summed E-state index contributed by atoms with van der Waals surface area (Å²) in [6.45, 7) is 3.82. The maximum atomic E-state index is 9.87. The molecular weight excluding hydrogens is 485 g/mol. The maximum Gasteiger partial charge on any atom is 0.128 e. The molecule has 9 heteroatoms. The van der Waals surface area contributed by atoms with E-state index in [0.29, 0.717) is 43.9 Å². The SMILES string of the molecule is Cc1ncc(Cl)c(COc2ccc(N)c(C(=N)c3ccc(N4CC5(CCC(O)C5)C4)nc3)c2)c1Cl. The molecule has 1 saturated carbocycles. The lowest BCUT2D eigenvalue weighted by atomic mass is 9.78. The number of nitrogens with one attached hydrogen (secondary N) is 1. The molecule has 2 aliphatic rings. The van der Waals surface area contributed by atoms with Gasteiger partial charge in [0.1, 0.15) is 18.2 Å². The Bertz CT molecular complexity index is 1280. The van der Waals surface area contributed by atoms with E-state index in [-0.39, 0.29) is 23.8 Å². The third-order valence-electron chi connectivity index (χ3n) is 7.01. The van der Waals surface area contributed by atoms with Gasteiger partial charge < -0.3 is 20.5 Å². The first-order valence-corrected chi connectivity index (χ1v) is 12.3. The molecule has 1 spiro atoms. The highest BCUT2D eigenvalue weighted by Gasteiger charge is 2.48. The highest BCUT2D eigenvalue weighted by atomic mass is 35.5. The quantitative estimate of drug-likeness (QED) is 0.316. The molecule has 1 aliphatic heterocycles. The number of hydrogen-bond acceptors (Lipinski definition) is 7. The Hall–Kier alpha value is -2.87. The van der Waals surface area contributed by atoms with E-state index < -0.39 is 0 Å². The molecule has 4 N–H and O–H groups in total. The Kier molecular flexibility index (Phi) is 6.34. The summed E-state index contributed by atoms with van der Waals surface area (Å²) in [5.41, 5.74) is 9.74. The van der Waals surface area contributed by atoms with Crippen molar-refractivity contribution in [3.05, 3.63) is 75.2 Å². The van der Waals surface area contributed by atoms with Crippen molar-refractivity contribution in [2.75, 3.05) is 23.7 Å². The fourth-order valence-electron chi connectivity index (χ4n) is 5.01. The van der Waals surface area contributed by atoms with Crippen LogP contribution in [-0.4, -0.2) is 40.0 Å². The van der Waals surface area contributed by atoms with Crippen molar-refractivity contribution >= 4 is 40.4 Å². The number of nitrogen functional groups attached to an aromatic ring is 1. The smallest absolute Gasteiger partial charge is 0.128 e. The molecule has 0 bridgehead atoms. The second-order valence-electron chi connectivity index (χ2n) is 9.55. The van der Waals surface area contributed by atoms with Gasteiger partial charge in [-0.3, -0.25) is 10.4 Å². The molecule has 0 radical (unpaired) electrons. The molecule has 5 rings (SSSR count). The van der Waals surface area contributed by atoms with Gasteiger partial charge in [-0.25, -0.2) is 4.98 Å². The van der Waals surface area contributed by atoms with Crippen molar-refractivity contribution in [2.24, 2.45) is 5.41 Å². The monoisotopic (exact) mass is 511 g/mol. The van der Waals surface area contributed by atoms with Gasteiger partial charge in [0.2, 0.25) is 0 Å². The summed E-state index contributed by atoms with van der Waals surface area (Å²) < 4.78 is 5.93. The molecule has 3 aromatic rings. The first kappa shape index (κ1) is 23.9. The zero-order valence-corrected chi connectivity index (χ0v) is 20.9. The number of benzene rings is 1. The lowest BCUT2D eigenvalue weighted by molar-refractivity contribution is 0.142. The Morgan fingerprint density at radius 1 is 1.23 bits per heavy atom. The van der Waals surface area contributed by atoms with Gasteiger partial charge in [-0.05, 0) is 56.5 Å². The summed E-state index contributed by atoms with van der Waals surface area (Å²) in [4.78, 5) is 11.0. The highest BCUT2D eigenvalue weighted by molar-refractivity contribution is 6.36. The molecule has 1 atom stereocenters. The van der Waals surface area contributed by atoms with E-state index in [1.54, 1.807) is 30.6 Å². The second-order valence-corrected chi connectivity index (χ2v) is 10.3. The van der Waals surface area contributed by atoms with E-state index in [1.807, 2.05) is 19.1 Å². The highest BCUT2D eigenvalue weighted by Crippen LogP contribution is 2.46. The summed E-state index contributed by atoms with van der Waals surface area (Å²) in [6, 6.07) is 9.05. The van der Waals surface area contributed by atoms with Crippen molar-refractivity contribution in [1.82, 2.24) is 9.97 Å². The Morgan fingerprint density at radius 2 is 2.03 bits per heavy atom. The van der Waals surface area contributed by atoms with Crippen molar-refractivity contribution in [3.63, 3.8) is 0 Å². The minimum absolute atomic E-state index is 0.166. The number of halogens is 2. The fourth-order valence-corrected chi connectivity index (χ4v) is 5.46. The summed E-state index contributed by atoms with van der Waals surface area (Å²) >= 11 is 12.6. The fraction of sp³-hybridized carbons (Fsp3) is 0.346. The lowest BCUT2D eigenvalue weighted by Gasteiger charge is -2.49. The van der Waals surface area contributed by atoms with Crippen molar-refractivity contribution in [1.29, 1.82) is 5.41 Å². The number of hydrogen-bond donors (Lipinski definition) is 3. The van der Waals surface area contributed by atoms with E-state index in [1.165, 1.54) is 0 Å². The van der Waals surface area contributed by atoms with E-state index in [2.05, 4.69) is 14.9 Å². The number of aryl methyl sites for hydroxylation is 1. The van der Waals surface area contributed by atoms with Crippen LogP contribution in [0.15, 0.2) is 42.7 Å². The van der Waals surface area contributed by atoms with Gasteiger partial charge >= 0.3 is 0 Å². The van der Waals surface area contributed by atoms with Crippen LogP contribution in [0.3, 0.4) is 0 Å².